The summed E-state index contributed by atoms with van der Waals surface area (Å²) in [6.07, 6.45) is 4.61. The van der Waals surface area contributed by atoms with Crippen LogP contribution in [0.4, 0.5) is 0 Å². The number of amides is 1. The summed E-state index contributed by atoms with van der Waals surface area (Å²) in [5, 5.41) is 2.61. The lowest BCUT2D eigenvalue weighted by Gasteiger charge is -2.00. The van der Waals surface area contributed by atoms with Gasteiger partial charge in [-0.3, -0.25) is 14.6 Å². The van der Waals surface area contributed by atoms with E-state index in [2.05, 4.69) is 27.1 Å². The van der Waals surface area contributed by atoms with Crippen LogP contribution in [0.3, 0.4) is 0 Å². The van der Waals surface area contributed by atoms with Gasteiger partial charge in [-0.15, -0.1) is 0 Å². The van der Waals surface area contributed by atoms with Crippen molar-refractivity contribution in [2.45, 2.75) is 0 Å². The summed E-state index contributed by atoms with van der Waals surface area (Å²) >= 11 is 0. The van der Waals surface area contributed by atoms with Gasteiger partial charge in [-0.2, -0.15) is 0 Å². The maximum Gasteiger partial charge on any atom is 0.253 e. The van der Waals surface area contributed by atoms with Gasteiger partial charge in [-0.25, -0.2) is 0 Å². The van der Waals surface area contributed by atoms with E-state index in [0.717, 1.165) is 0 Å². The maximum atomic E-state index is 11.7. The van der Waals surface area contributed by atoms with E-state index in [0.29, 0.717) is 11.3 Å². The number of hydrogen-bond acceptors (Lipinski definition) is 4. The highest BCUT2D eigenvalue weighted by molar-refractivity contribution is 5.93. The second kappa shape index (κ2) is 7.50. The van der Waals surface area contributed by atoms with Crippen molar-refractivity contribution < 1.29 is 9.53 Å². The van der Waals surface area contributed by atoms with E-state index in [9.17, 15) is 9.59 Å². The van der Waals surface area contributed by atoms with E-state index in [1.165, 1.54) is 18.3 Å². The summed E-state index contributed by atoms with van der Waals surface area (Å²) in [5.74, 6) is 5.89. The fourth-order valence-corrected chi connectivity index (χ4v) is 1.44. The van der Waals surface area contributed by atoms with Gasteiger partial charge >= 0.3 is 0 Å². The molecule has 0 unspecified atom stereocenters. The number of hydrogen-bond donors (Lipinski definition) is 2. The number of nitrogens with zero attached hydrogens (tertiary/aromatic N) is 1. The van der Waals surface area contributed by atoms with E-state index in [1.54, 1.807) is 24.5 Å². The van der Waals surface area contributed by atoms with Crippen LogP contribution in [0, 0.1) is 11.8 Å². The summed E-state index contributed by atoms with van der Waals surface area (Å²) in [7, 11) is 0. The fourth-order valence-electron chi connectivity index (χ4n) is 1.44. The minimum Gasteiger partial charge on any atom is -0.479 e. The zero-order chi connectivity index (χ0) is 14.9. The highest BCUT2D eigenvalue weighted by Gasteiger charge is 2.02. The molecule has 2 heterocycles. The smallest absolute Gasteiger partial charge is 0.253 e. The van der Waals surface area contributed by atoms with Crippen LogP contribution >= 0.6 is 0 Å². The molecule has 0 radical (unpaired) electrons. The molecule has 0 fully saturated rings. The van der Waals surface area contributed by atoms with Crippen LogP contribution in [-0.4, -0.2) is 29.0 Å². The second-order valence-electron chi connectivity index (χ2n) is 3.96. The number of aromatic amines is 1. The Balaban J connectivity index is 1.72. The molecule has 2 N–H and O–H groups in total. The summed E-state index contributed by atoms with van der Waals surface area (Å²) < 4.78 is 5.32. The third-order valence-corrected chi connectivity index (χ3v) is 2.45. The van der Waals surface area contributed by atoms with Crippen LogP contribution in [-0.2, 0) is 0 Å². The summed E-state index contributed by atoms with van der Waals surface area (Å²) in [6.45, 7) is 0.425. The predicted molar refractivity (Wildman–Crippen MR) is 76.9 cm³/mol. The second-order valence-corrected chi connectivity index (χ2v) is 3.96. The van der Waals surface area contributed by atoms with Crippen LogP contribution in [0.2, 0.25) is 0 Å². The van der Waals surface area contributed by atoms with Crippen LogP contribution in [0.15, 0.2) is 47.7 Å². The molecule has 0 saturated carbocycles. The highest BCUT2D eigenvalue weighted by atomic mass is 16.5. The van der Waals surface area contributed by atoms with E-state index < -0.39 is 0 Å². The summed E-state index contributed by atoms with van der Waals surface area (Å²) in [4.78, 5) is 28.9. The molecule has 2 aromatic rings. The van der Waals surface area contributed by atoms with Crippen molar-refractivity contribution in [3.8, 4) is 17.6 Å². The monoisotopic (exact) mass is 283 g/mol. The fraction of sp³-hybridized carbons (Fsp3) is 0.133. The van der Waals surface area contributed by atoms with Gasteiger partial charge in [0.2, 0.25) is 5.56 Å². The quantitative estimate of drug-likeness (QED) is 0.804. The molecule has 0 aliphatic carbocycles. The zero-order valence-electron chi connectivity index (χ0n) is 11.1. The molecule has 21 heavy (non-hydrogen) atoms. The first-order valence-corrected chi connectivity index (χ1v) is 6.21. The molecule has 0 atom stereocenters. The Morgan fingerprint density at radius 1 is 1.33 bits per heavy atom. The SMILES string of the molecule is O=C(NCC#CCOc1cccnc1)c1ccc(=O)[nH]c1. The van der Waals surface area contributed by atoms with Gasteiger partial charge in [-0.05, 0) is 18.2 Å². The Bertz CT molecular complexity index is 694. The molecule has 2 rings (SSSR count). The molecule has 0 aromatic carbocycles. The highest BCUT2D eigenvalue weighted by Crippen LogP contribution is 2.04. The number of ether oxygens (including phenoxy) is 1. The van der Waals surface area contributed by atoms with Crippen LogP contribution in [0.5, 0.6) is 5.75 Å². The number of H-pyrrole nitrogens is 1. The van der Waals surface area contributed by atoms with Gasteiger partial charge in [0.05, 0.1) is 18.3 Å². The zero-order valence-corrected chi connectivity index (χ0v) is 11.1. The molecule has 2 aromatic heterocycles. The lowest BCUT2D eigenvalue weighted by Crippen LogP contribution is -2.24. The van der Waals surface area contributed by atoms with E-state index in [4.69, 9.17) is 4.74 Å². The Kier molecular flexibility index (Phi) is 5.12. The molecule has 0 bridgehead atoms. The predicted octanol–water partition coefficient (Wildman–Crippen LogP) is 0.582. The van der Waals surface area contributed by atoms with Crippen molar-refractivity contribution >= 4 is 5.91 Å². The Hall–Kier alpha value is -3.07. The first-order chi connectivity index (χ1) is 10.3. The molecule has 0 aliphatic rings. The molecular formula is C15H13N3O3. The minimum absolute atomic E-state index is 0.203. The van der Waals surface area contributed by atoms with E-state index in [-0.39, 0.29) is 24.6 Å². The van der Waals surface area contributed by atoms with Crippen molar-refractivity contribution in [3.05, 3.63) is 58.8 Å². The molecule has 1 amide bonds. The average Bonchev–Trinajstić information content (AvgIpc) is 2.52. The first-order valence-electron chi connectivity index (χ1n) is 6.21. The van der Waals surface area contributed by atoms with Crippen LogP contribution in [0.1, 0.15) is 10.4 Å². The molecule has 0 saturated heterocycles. The lowest BCUT2D eigenvalue weighted by molar-refractivity contribution is 0.0958. The van der Waals surface area contributed by atoms with Gasteiger partial charge in [0.15, 0.2) is 0 Å². The molecule has 106 valence electrons. The van der Waals surface area contributed by atoms with Gasteiger partial charge in [0.25, 0.3) is 5.91 Å². The van der Waals surface area contributed by atoms with Crippen molar-refractivity contribution in [1.82, 2.24) is 15.3 Å². The number of pyridine rings is 2. The van der Waals surface area contributed by atoms with Crippen molar-refractivity contribution in [2.24, 2.45) is 0 Å². The molecular weight excluding hydrogens is 270 g/mol. The lowest BCUT2D eigenvalue weighted by atomic mass is 10.3. The number of carbonyl (C=O) groups excluding carboxylic acids is 1. The summed E-state index contributed by atoms with van der Waals surface area (Å²) in [6, 6.07) is 6.30. The number of rotatable bonds is 4. The molecule has 6 heteroatoms. The molecule has 6 nitrogen and oxygen atoms in total. The first kappa shape index (κ1) is 14.3. The number of aromatic nitrogens is 2. The topological polar surface area (TPSA) is 84.1 Å². The summed E-state index contributed by atoms with van der Waals surface area (Å²) in [5.41, 5.74) is 0.127. The third kappa shape index (κ3) is 4.84. The number of nitrogens with one attached hydrogen (secondary N) is 2. The largest absolute Gasteiger partial charge is 0.479 e. The van der Waals surface area contributed by atoms with E-state index in [1.807, 2.05) is 0 Å². The minimum atomic E-state index is -0.297. The Morgan fingerprint density at radius 2 is 2.24 bits per heavy atom. The van der Waals surface area contributed by atoms with E-state index >= 15 is 0 Å². The van der Waals surface area contributed by atoms with Crippen LogP contribution < -0.4 is 15.6 Å². The maximum absolute atomic E-state index is 11.7. The standard InChI is InChI=1S/C15H13N3O3/c19-14-6-5-12(10-18-14)15(20)17-8-1-2-9-21-13-4-3-7-16-11-13/h3-7,10-11H,8-9H2,(H,17,20)(H,18,19). The Labute approximate surface area is 121 Å². The van der Waals surface area contributed by atoms with Crippen molar-refractivity contribution in [2.75, 3.05) is 13.2 Å². The molecule has 0 spiro atoms. The number of carbonyl (C=O) groups is 1. The van der Waals surface area contributed by atoms with Gasteiger partial charge in [0.1, 0.15) is 12.4 Å². The normalized spacial score (nSPS) is 9.33. The van der Waals surface area contributed by atoms with Crippen LogP contribution in [0.25, 0.3) is 0 Å². The van der Waals surface area contributed by atoms with Gasteiger partial charge in [0, 0.05) is 18.5 Å². The average molecular weight is 283 g/mol. The van der Waals surface area contributed by atoms with Crippen molar-refractivity contribution in [3.63, 3.8) is 0 Å². The molecule has 0 aliphatic heterocycles. The Morgan fingerprint density at radius 3 is 2.95 bits per heavy atom. The third-order valence-electron chi connectivity index (χ3n) is 2.45. The van der Waals surface area contributed by atoms with Gasteiger partial charge < -0.3 is 15.0 Å². The van der Waals surface area contributed by atoms with Gasteiger partial charge in [-0.1, -0.05) is 11.8 Å². The van der Waals surface area contributed by atoms with Crippen molar-refractivity contribution in [1.29, 1.82) is 0 Å².